The Morgan fingerprint density at radius 1 is 1.37 bits per heavy atom. The van der Waals surface area contributed by atoms with Crippen molar-refractivity contribution < 1.29 is 8.42 Å². The van der Waals surface area contributed by atoms with Crippen LogP contribution >= 0.6 is 0 Å². The van der Waals surface area contributed by atoms with Crippen molar-refractivity contribution in [3.63, 3.8) is 0 Å². The van der Waals surface area contributed by atoms with E-state index in [-0.39, 0.29) is 5.75 Å². The van der Waals surface area contributed by atoms with Crippen LogP contribution in [0, 0.1) is 5.92 Å². The number of nitrogens with zero attached hydrogens (tertiary/aromatic N) is 3. The van der Waals surface area contributed by atoms with Gasteiger partial charge >= 0.3 is 0 Å². The number of anilines is 1. The van der Waals surface area contributed by atoms with Gasteiger partial charge in [0, 0.05) is 32.0 Å². The molecule has 1 saturated heterocycles. The summed E-state index contributed by atoms with van der Waals surface area (Å²) >= 11 is 0. The van der Waals surface area contributed by atoms with E-state index in [1.165, 1.54) is 0 Å². The van der Waals surface area contributed by atoms with E-state index in [1.807, 2.05) is 0 Å². The van der Waals surface area contributed by atoms with Crippen LogP contribution in [-0.2, 0) is 10.0 Å². The predicted molar refractivity (Wildman–Crippen MR) is 74.4 cm³/mol. The van der Waals surface area contributed by atoms with E-state index in [9.17, 15) is 8.42 Å². The van der Waals surface area contributed by atoms with Crippen molar-refractivity contribution in [3.8, 4) is 0 Å². The van der Waals surface area contributed by atoms with E-state index in [0.717, 1.165) is 31.7 Å². The van der Waals surface area contributed by atoms with E-state index in [4.69, 9.17) is 0 Å². The number of rotatable bonds is 5. The fourth-order valence-corrected chi connectivity index (χ4v) is 2.86. The first-order valence-corrected chi connectivity index (χ1v) is 8.24. The SMILES string of the molecule is CCS(=O)(=O)NCC1CCN(c2cnccn2)CC1. The minimum atomic E-state index is -3.07. The highest BCUT2D eigenvalue weighted by Crippen LogP contribution is 2.20. The largest absolute Gasteiger partial charge is 0.355 e. The summed E-state index contributed by atoms with van der Waals surface area (Å²) < 4.78 is 25.4. The average molecular weight is 284 g/mol. The highest BCUT2D eigenvalue weighted by atomic mass is 32.2. The summed E-state index contributed by atoms with van der Waals surface area (Å²) in [4.78, 5) is 10.5. The molecule has 1 aliphatic heterocycles. The van der Waals surface area contributed by atoms with E-state index in [1.54, 1.807) is 25.5 Å². The fourth-order valence-electron chi connectivity index (χ4n) is 2.17. The van der Waals surface area contributed by atoms with Crippen molar-refractivity contribution in [2.75, 3.05) is 30.3 Å². The van der Waals surface area contributed by atoms with E-state index in [0.29, 0.717) is 12.5 Å². The quantitative estimate of drug-likeness (QED) is 0.858. The van der Waals surface area contributed by atoms with Gasteiger partial charge in [-0.15, -0.1) is 0 Å². The summed E-state index contributed by atoms with van der Waals surface area (Å²) in [6, 6.07) is 0. The van der Waals surface area contributed by atoms with Crippen LogP contribution in [-0.4, -0.2) is 43.8 Å². The highest BCUT2D eigenvalue weighted by Gasteiger charge is 2.21. The second-order valence-corrected chi connectivity index (χ2v) is 6.84. The van der Waals surface area contributed by atoms with Crippen LogP contribution in [0.25, 0.3) is 0 Å². The van der Waals surface area contributed by atoms with Crippen LogP contribution in [0.1, 0.15) is 19.8 Å². The summed E-state index contributed by atoms with van der Waals surface area (Å²) in [5, 5.41) is 0. The van der Waals surface area contributed by atoms with Crippen molar-refractivity contribution in [1.82, 2.24) is 14.7 Å². The molecule has 0 bridgehead atoms. The zero-order valence-corrected chi connectivity index (χ0v) is 11.9. The van der Waals surface area contributed by atoms with Crippen LogP contribution in [0.2, 0.25) is 0 Å². The number of piperidine rings is 1. The summed E-state index contributed by atoms with van der Waals surface area (Å²) in [5.74, 6) is 1.45. The third-order valence-electron chi connectivity index (χ3n) is 3.46. The third-order valence-corrected chi connectivity index (χ3v) is 4.83. The van der Waals surface area contributed by atoms with Crippen LogP contribution < -0.4 is 9.62 Å². The molecule has 1 aromatic heterocycles. The molecule has 0 atom stereocenters. The Balaban J connectivity index is 1.80. The number of nitrogens with one attached hydrogen (secondary N) is 1. The van der Waals surface area contributed by atoms with Crippen LogP contribution in [0.15, 0.2) is 18.6 Å². The first kappa shape index (κ1) is 14.2. The molecule has 7 heteroatoms. The Kier molecular flexibility index (Phi) is 4.71. The maximum absolute atomic E-state index is 11.4. The monoisotopic (exact) mass is 284 g/mol. The van der Waals surface area contributed by atoms with E-state index < -0.39 is 10.0 Å². The fraction of sp³-hybridized carbons (Fsp3) is 0.667. The van der Waals surface area contributed by atoms with Crippen LogP contribution in [0.3, 0.4) is 0 Å². The van der Waals surface area contributed by atoms with Crippen molar-refractivity contribution in [1.29, 1.82) is 0 Å². The molecule has 0 unspecified atom stereocenters. The zero-order valence-electron chi connectivity index (χ0n) is 11.1. The minimum absolute atomic E-state index is 0.144. The second kappa shape index (κ2) is 6.29. The van der Waals surface area contributed by atoms with E-state index >= 15 is 0 Å². The van der Waals surface area contributed by atoms with Crippen molar-refractivity contribution in [2.24, 2.45) is 5.92 Å². The Morgan fingerprint density at radius 2 is 2.11 bits per heavy atom. The lowest BCUT2D eigenvalue weighted by Crippen LogP contribution is -2.39. The summed E-state index contributed by atoms with van der Waals surface area (Å²) in [5.41, 5.74) is 0. The van der Waals surface area contributed by atoms with Crippen molar-refractivity contribution in [3.05, 3.63) is 18.6 Å². The van der Waals surface area contributed by atoms with Gasteiger partial charge in [-0.3, -0.25) is 4.98 Å². The van der Waals surface area contributed by atoms with Gasteiger partial charge in [0.05, 0.1) is 11.9 Å². The number of hydrogen-bond acceptors (Lipinski definition) is 5. The molecule has 1 fully saturated rings. The van der Waals surface area contributed by atoms with Crippen LogP contribution in [0.4, 0.5) is 5.82 Å². The van der Waals surface area contributed by atoms with Crippen molar-refractivity contribution in [2.45, 2.75) is 19.8 Å². The van der Waals surface area contributed by atoms with Crippen molar-refractivity contribution >= 4 is 15.8 Å². The Labute approximate surface area is 114 Å². The normalized spacial score (nSPS) is 17.6. The Morgan fingerprint density at radius 3 is 2.68 bits per heavy atom. The standard InChI is InChI=1S/C12H20N4O2S/c1-2-19(17,18)15-9-11-3-7-16(8-4-11)12-10-13-5-6-14-12/h5-6,10-11,15H,2-4,7-9H2,1H3. The molecule has 2 rings (SSSR count). The van der Waals surface area contributed by atoms with Crippen LogP contribution in [0.5, 0.6) is 0 Å². The second-order valence-electron chi connectivity index (χ2n) is 4.75. The molecule has 0 aromatic carbocycles. The van der Waals surface area contributed by atoms with Gasteiger partial charge in [0.25, 0.3) is 0 Å². The molecule has 1 aromatic rings. The van der Waals surface area contributed by atoms with Gasteiger partial charge in [-0.05, 0) is 25.7 Å². The molecular weight excluding hydrogens is 264 g/mol. The maximum atomic E-state index is 11.4. The average Bonchev–Trinajstić information content (AvgIpc) is 2.47. The highest BCUT2D eigenvalue weighted by molar-refractivity contribution is 7.89. The first-order chi connectivity index (χ1) is 9.11. The Bertz CT molecular complexity index is 484. The molecule has 1 N–H and O–H groups in total. The van der Waals surface area contributed by atoms with Gasteiger partial charge in [0.1, 0.15) is 5.82 Å². The summed E-state index contributed by atoms with van der Waals surface area (Å²) in [6.45, 7) is 4.00. The summed E-state index contributed by atoms with van der Waals surface area (Å²) in [6.07, 6.45) is 7.07. The summed E-state index contributed by atoms with van der Waals surface area (Å²) in [7, 11) is -3.07. The lowest BCUT2D eigenvalue weighted by Gasteiger charge is -2.32. The van der Waals surface area contributed by atoms with Gasteiger partial charge in [0.15, 0.2) is 0 Å². The molecule has 0 amide bonds. The lowest BCUT2D eigenvalue weighted by molar-refractivity contribution is 0.400. The molecule has 0 spiro atoms. The third kappa shape index (κ3) is 4.14. The zero-order chi connectivity index (χ0) is 13.7. The molecule has 0 aliphatic carbocycles. The first-order valence-electron chi connectivity index (χ1n) is 6.59. The van der Waals surface area contributed by atoms with Gasteiger partial charge in [-0.25, -0.2) is 18.1 Å². The molecule has 6 nitrogen and oxygen atoms in total. The molecule has 0 radical (unpaired) electrons. The molecule has 1 aliphatic rings. The topological polar surface area (TPSA) is 75.2 Å². The van der Waals surface area contributed by atoms with Gasteiger partial charge in [0.2, 0.25) is 10.0 Å². The Hall–Kier alpha value is -1.21. The smallest absolute Gasteiger partial charge is 0.211 e. The lowest BCUT2D eigenvalue weighted by atomic mass is 9.97. The number of hydrogen-bond donors (Lipinski definition) is 1. The number of aromatic nitrogens is 2. The van der Waals surface area contributed by atoms with Gasteiger partial charge in [-0.1, -0.05) is 0 Å². The van der Waals surface area contributed by atoms with Gasteiger partial charge in [-0.2, -0.15) is 0 Å². The molecule has 106 valence electrons. The molecule has 2 heterocycles. The minimum Gasteiger partial charge on any atom is -0.355 e. The molecule has 0 saturated carbocycles. The van der Waals surface area contributed by atoms with E-state index in [2.05, 4.69) is 19.6 Å². The molecular formula is C12H20N4O2S. The molecule has 19 heavy (non-hydrogen) atoms. The number of sulfonamides is 1. The maximum Gasteiger partial charge on any atom is 0.211 e. The van der Waals surface area contributed by atoms with Gasteiger partial charge < -0.3 is 4.90 Å². The predicted octanol–water partition coefficient (Wildman–Crippen LogP) is 0.632.